The number of carbonyl (C=O) groups excluding carboxylic acids is 2. The highest BCUT2D eigenvalue weighted by atomic mass is 16.2. The highest BCUT2D eigenvalue weighted by molar-refractivity contribution is 6.22. The third-order valence-corrected chi connectivity index (χ3v) is 4.48. The van der Waals surface area contributed by atoms with E-state index < -0.39 is 0 Å². The number of aromatic amines is 1. The van der Waals surface area contributed by atoms with Gasteiger partial charge in [0, 0.05) is 20.3 Å². The molecule has 1 aliphatic heterocycles. The molecule has 1 N–H and O–H groups in total. The molecule has 0 saturated heterocycles. The highest BCUT2D eigenvalue weighted by Crippen LogP contribution is 2.29. The summed E-state index contributed by atoms with van der Waals surface area (Å²) in [4.78, 5) is 44.8. The molecule has 1 aromatic carbocycles. The van der Waals surface area contributed by atoms with Crippen LogP contribution in [0, 0.1) is 6.92 Å². The van der Waals surface area contributed by atoms with Gasteiger partial charge in [0.2, 0.25) is 0 Å². The summed E-state index contributed by atoms with van der Waals surface area (Å²) in [5, 5.41) is 0. The van der Waals surface area contributed by atoms with Crippen LogP contribution in [0.25, 0.3) is 22.4 Å². The standard InChI is InChI=1S/C17H14N4O3/c1-8-4-5-18-15(22)13(8)14-19-11-6-9-10(7-12(11)20(14)2)17(24)21(3)16(9)23/h4-7H,1-3H3,(H,18,22). The third-order valence-electron chi connectivity index (χ3n) is 4.48. The van der Waals surface area contributed by atoms with Crippen LogP contribution in [0.1, 0.15) is 26.3 Å². The SMILES string of the molecule is Cc1cc[nH]c(=O)c1-c1nc2cc3c(cc2n1C)C(=O)N(C)C3=O. The lowest BCUT2D eigenvalue weighted by Gasteiger charge is -2.05. The molecule has 2 aromatic heterocycles. The van der Waals surface area contributed by atoms with Crippen LogP contribution in [-0.4, -0.2) is 38.3 Å². The van der Waals surface area contributed by atoms with E-state index in [4.69, 9.17) is 0 Å². The zero-order chi connectivity index (χ0) is 17.2. The minimum atomic E-state index is -0.335. The number of fused-ring (bicyclic) bond motifs is 2. The fourth-order valence-corrected chi connectivity index (χ4v) is 3.12. The summed E-state index contributed by atoms with van der Waals surface area (Å²) in [6.45, 7) is 1.84. The maximum Gasteiger partial charge on any atom is 0.261 e. The van der Waals surface area contributed by atoms with Crippen LogP contribution in [0.15, 0.2) is 29.2 Å². The smallest absolute Gasteiger partial charge is 0.261 e. The Hall–Kier alpha value is -3.22. The maximum atomic E-state index is 12.2. The molecule has 0 fully saturated rings. The van der Waals surface area contributed by atoms with Crippen molar-refractivity contribution in [2.24, 2.45) is 7.05 Å². The fourth-order valence-electron chi connectivity index (χ4n) is 3.12. The van der Waals surface area contributed by atoms with Gasteiger partial charge in [-0.25, -0.2) is 4.98 Å². The molecule has 24 heavy (non-hydrogen) atoms. The lowest BCUT2D eigenvalue weighted by atomic mass is 10.1. The first-order chi connectivity index (χ1) is 11.4. The molecule has 0 radical (unpaired) electrons. The number of carbonyl (C=O) groups is 2. The number of nitrogens with one attached hydrogen (secondary N) is 1. The minimum absolute atomic E-state index is 0.229. The van der Waals surface area contributed by atoms with E-state index in [1.54, 1.807) is 36.0 Å². The second kappa shape index (κ2) is 4.64. The molecule has 1 aliphatic rings. The highest BCUT2D eigenvalue weighted by Gasteiger charge is 2.34. The quantitative estimate of drug-likeness (QED) is 0.687. The van der Waals surface area contributed by atoms with Crippen LogP contribution in [0.2, 0.25) is 0 Å². The van der Waals surface area contributed by atoms with Crippen molar-refractivity contribution in [2.75, 3.05) is 7.05 Å². The topological polar surface area (TPSA) is 88.1 Å². The summed E-state index contributed by atoms with van der Waals surface area (Å²) in [5.74, 6) is -0.160. The molecule has 4 rings (SSSR count). The molecular weight excluding hydrogens is 308 g/mol. The molecule has 0 saturated carbocycles. The van der Waals surface area contributed by atoms with Gasteiger partial charge in [-0.15, -0.1) is 0 Å². The fraction of sp³-hybridized carbons (Fsp3) is 0.176. The van der Waals surface area contributed by atoms with Crippen molar-refractivity contribution >= 4 is 22.8 Å². The van der Waals surface area contributed by atoms with E-state index in [1.165, 1.54) is 7.05 Å². The van der Waals surface area contributed by atoms with E-state index in [0.717, 1.165) is 10.5 Å². The number of hydrogen-bond acceptors (Lipinski definition) is 4. The Morgan fingerprint density at radius 1 is 1.04 bits per heavy atom. The Morgan fingerprint density at radius 2 is 1.71 bits per heavy atom. The summed E-state index contributed by atoms with van der Waals surface area (Å²) in [5.41, 5.74) is 3.03. The number of aromatic nitrogens is 3. The molecule has 0 spiro atoms. The number of pyridine rings is 1. The van der Waals surface area contributed by atoms with Gasteiger partial charge < -0.3 is 9.55 Å². The first-order valence-corrected chi connectivity index (χ1v) is 7.41. The first kappa shape index (κ1) is 14.4. The van der Waals surface area contributed by atoms with Gasteiger partial charge in [-0.2, -0.15) is 0 Å². The zero-order valence-corrected chi connectivity index (χ0v) is 13.4. The average molecular weight is 322 g/mol. The summed E-state index contributed by atoms with van der Waals surface area (Å²) in [7, 11) is 3.25. The monoisotopic (exact) mass is 322 g/mol. The van der Waals surface area contributed by atoms with E-state index in [2.05, 4.69) is 9.97 Å². The van der Waals surface area contributed by atoms with Crippen LogP contribution in [0.4, 0.5) is 0 Å². The Balaban J connectivity index is 2.03. The Kier molecular flexibility index (Phi) is 2.78. The molecule has 0 unspecified atom stereocenters. The van der Waals surface area contributed by atoms with Crippen LogP contribution in [-0.2, 0) is 7.05 Å². The van der Waals surface area contributed by atoms with Gasteiger partial charge in [-0.1, -0.05) is 0 Å². The van der Waals surface area contributed by atoms with Crippen molar-refractivity contribution < 1.29 is 9.59 Å². The molecule has 3 aromatic rings. The third kappa shape index (κ3) is 1.72. The first-order valence-electron chi connectivity index (χ1n) is 7.41. The molecule has 120 valence electrons. The number of imide groups is 1. The van der Waals surface area contributed by atoms with Gasteiger partial charge in [0.05, 0.1) is 27.7 Å². The number of H-pyrrole nitrogens is 1. The van der Waals surface area contributed by atoms with Gasteiger partial charge in [-0.05, 0) is 30.7 Å². The molecule has 7 nitrogen and oxygen atoms in total. The van der Waals surface area contributed by atoms with E-state index in [0.29, 0.717) is 33.5 Å². The molecule has 0 aliphatic carbocycles. The van der Waals surface area contributed by atoms with E-state index >= 15 is 0 Å². The van der Waals surface area contributed by atoms with Crippen LogP contribution in [0.3, 0.4) is 0 Å². The predicted molar refractivity (Wildman–Crippen MR) is 87.9 cm³/mol. The normalized spacial score (nSPS) is 13.9. The molecule has 7 heteroatoms. The summed E-state index contributed by atoms with van der Waals surface area (Å²) in [6, 6.07) is 5.08. The van der Waals surface area contributed by atoms with Crippen LogP contribution >= 0.6 is 0 Å². The number of benzene rings is 1. The van der Waals surface area contributed by atoms with Crippen molar-refractivity contribution in [1.29, 1.82) is 0 Å². The number of rotatable bonds is 1. The average Bonchev–Trinajstić information content (AvgIpc) is 2.97. The number of hydrogen-bond donors (Lipinski definition) is 1. The zero-order valence-electron chi connectivity index (χ0n) is 13.4. The lowest BCUT2D eigenvalue weighted by Crippen LogP contribution is -2.24. The number of nitrogens with zero attached hydrogens (tertiary/aromatic N) is 3. The van der Waals surface area contributed by atoms with Gasteiger partial charge in [0.15, 0.2) is 0 Å². The van der Waals surface area contributed by atoms with Gasteiger partial charge in [0.1, 0.15) is 5.82 Å². The van der Waals surface area contributed by atoms with Crippen molar-refractivity contribution in [3.05, 3.63) is 51.4 Å². The van der Waals surface area contributed by atoms with Crippen LogP contribution in [0.5, 0.6) is 0 Å². The van der Waals surface area contributed by atoms with Crippen molar-refractivity contribution in [3.8, 4) is 11.4 Å². The summed E-state index contributed by atoms with van der Waals surface area (Å²) >= 11 is 0. The number of amides is 2. The molecule has 3 heterocycles. The van der Waals surface area contributed by atoms with Gasteiger partial charge in [-0.3, -0.25) is 19.3 Å². The second-order valence-electron chi connectivity index (χ2n) is 5.92. The van der Waals surface area contributed by atoms with Crippen LogP contribution < -0.4 is 5.56 Å². The Morgan fingerprint density at radius 3 is 2.38 bits per heavy atom. The predicted octanol–water partition coefficient (Wildman–Crippen LogP) is 1.46. The lowest BCUT2D eigenvalue weighted by molar-refractivity contribution is 0.0693. The second-order valence-corrected chi connectivity index (χ2v) is 5.92. The maximum absolute atomic E-state index is 12.2. The number of aryl methyl sites for hydroxylation is 2. The largest absolute Gasteiger partial charge is 0.328 e. The summed E-state index contributed by atoms with van der Waals surface area (Å²) in [6.07, 6.45) is 1.59. The van der Waals surface area contributed by atoms with E-state index in [1.807, 2.05) is 6.92 Å². The van der Waals surface area contributed by atoms with Crippen molar-refractivity contribution in [3.63, 3.8) is 0 Å². The van der Waals surface area contributed by atoms with Gasteiger partial charge in [0.25, 0.3) is 17.4 Å². The Labute approximate surface area is 136 Å². The minimum Gasteiger partial charge on any atom is -0.328 e. The Bertz CT molecular complexity index is 1110. The summed E-state index contributed by atoms with van der Waals surface area (Å²) < 4.78 is 1.77. The number of imidazole rings is 1. The molecule has 2 amide bonds. The molecule has 0 atom stereocenters. The van der Waals surface area contributed by atoms with E-state index in [-0.39, 0.29) is 17.4 Å². The van der Waals surface area contributed by atoms with Crippen molar-refractivity contribution in [1.82, 2.24) is 19.4 Å². The molecule has 0 bridgehead atoms. The van der Waals surface area contributed by atoms with Gasteiger partial charge >= 0.3 is 0 Å². The molecular formula is C17H14N4O3. The van der Waals surface area contributed by atoms with Crippen molar-refractivity contribution in [2.45, 2.75) is 6.92 Å². The van der Waals surface area contributed by atoms with E-state index in [9.17, 15) is 14.4 Å².